The highest BCUT2D eigenvalue weighted by atomic mass is 32.2. The molecule has 1 atom stereocenters. The molecule has 0 aliphatic carbocycles. The van der Waals surface area contributed by atoms with E-state index in [2.05, 4.69) is 4.74 Å². The molecular formula is C17H16F3NO4S. The monoisotopic (exact) mass is 387 g/mol. The summed E-state index contributed by atoms with van der Waals surface area (Å²) in [6, 6.07) is 11.5. The number of sulfonamides is 1. The zero-order valence-electron chi connectivity index (χ0n) is 13.9. The number of para-hydroxylation sites is 1. The van der Waals surface area contributed by atoms with E-state index >= 15 is 0 Å². The van der Waals surface area contributed by atoms with Gasteiger partial charge < -0.3 is 4.74 Å². The maximum absolute atomic E-state index is 13.0. The Kier molecular flexibility index (Phi) is 5.60. The van der Waals surface area contributed by atoms with Crippen molar-refractivity contribution in [3.8, 4) is 0 Å². The lowest BCUT2D eigenvalue weighted by atomic mass is 10.1. The summed E-state index contributed by atoms with van der Waals surface area (Å²) in [6.07, 6.45) is -4.67. The molecule has 0 aliphatic rings. The number of halogens is 3. The second-order valence-corrected chi connectivity index (χ2v) is 7.42. The number of anilines is 1. The third-order valence-corrected chi connectivity index (χ3v) is 5.77. The number of methoxy groups -OCH3 is 1. The second-order valence-electron chi connectivity index (χ2n) is 5.37. The van der Waals surface area contributed by atoms with Gasteiger partial charge in [0.2, 0.25) is 5.25 Å². The molecule has 2 aromatic carbocycles. The zero-order valence-corrected chi connectivity index (χ0v) is 14.7. The van der Waals surface area contributed by atoms with Gasteiger partial charge in [0.25, 0.3) is 10.0 Å². The summed E-state index contributed by atoms with van der Waals surface area (Å²) in [4.78, 5) is 12.1. The molecule has 140 valence electrons. The van der Waals surface area contributed by atoms with Crippen LogP contribution < -0.4 is 4.31 Å². The van der Waals surface area contributed by atoms with Gasteiger partial charge in [-0.15, -0.1) is 0 Å². The molecule has 0 saturated carbocycles. The van der Waals surface area contributed by atoms with Crippen molar-refractivity contribution in [2.75, 3.05) is 18.5 Å². The maximum atomic E-state index is 13.0. The summed E-state index contributed by atoms with van der Waals surface area (Å²) in [7, 11) is -2.20. The van der Waals surface area contributed by atoms with Gasteiger partial charge in [0, 0.05) is 7.05 Å². The topological polar surface area (TPSA) is 63.7 Å². The predicted molar refractivity (Wildman–Crippen MR) is 90.0 cm³/mol. The largest absolute Gasteiger partial charge is 0.468 e. The van der Waals surface area contributed by atoms with Crippen LogP contribution in [0.3, 0.4) is 0 Å². The summed E-state index contributed by atoms with van der Waals surface area (Å²) in [5, 5.41) is -1.93. The molecule has 5 nitrogen and oxygen atoms in total. The van der Waals surface area contributed by atoms with E-state index in [0.717, 1.165) is 29.6 Å². The van der Waals surface area contributed by atoms with Crippen molar-refractivity contribution in [2.45, 2.75) is 11.4 Å². The number of hydrogen-bond acceptors (Lipinski definition) is 4. The molecule has 9 heteroatoms. The standard InChI is InChI=1S/C17H16F3NO4S/c1-21(14-9-4-3-5-10-14)26(23,24)15(16(22)25-2)12-7-6-8-13(11-12)17(18,19)20/h3-11,15H,1-2H3. The van der Waals surface area contributed by atoms with Crippen LogP contribution in [0.1, 0.15) is 16.4 Å². The van der Waals surface area contributed by atoms with E-state index in [9.17, 15) is 26.4 Å². The van der Waals surface area contributed by atoms with Gasteiger partial charge in [-0.2, -0.15) is 13.2 Å². The highest BCUT2D eigenvalue weighted by Crippen LogP contribution is 2.34. The van der Waals surface area contributed by atoms with Gasteiger partial charge in [0.1, 0.15) is 0 Å². The van der Waals surface area contributed by atoms with Gasteiger partial charge >= 0.3 is 12.1 Å². The van der Waals surface area contributed by atoms with Crippen molar-refractivity contribution in [1.29, 1.82) is 0 Å². The first-order valence-electron chi connectivity index (χ1n) is 7.37. The van der Waals surface area contributed by atoms with Crippen LogP contribution in [0.2, 0.25) is 0 Å². The molecule has 26 heavy (non-hydrogen) atoms. The van der Waals surface area contributed by atoms with Crippen LogP contribution in [-0.4, -0.2) is 28.5 Å². The SMILES string of the molecule is COC(=O)C(c1cccc(C(F)(F)F)c1)S(=O)(=O)N(C)c1ccccc1. The minimum atomic E-state index is -4.67. The highest BCUT2D eigenvalue weighted by Gasteiger charge is 2.40. The number of ether oxygens (including phenoxy) is 1. The minimum absolute atomic E-state index is 0.258. The van der Waals surface area contributed by atoms with Gasteiger partial charge in [-0.3, -0.25) is 9.10 Å². The fourth-order valence-electron chi connectivity index (χ4n) is 2.36. The van der Waals surface area contributed by atoms with Crippen LogP contribution >= 0.6 is 0 Å². The number of nitrogens with zero attached hydrogens (tertiary/aromatic N) is 1. The molecule has 0 radical (unpaired) electrons. The molecule has 1 unspecified atom stereocenters. The Balaban J connectivity index is 2.57. The van der Waals surface area contributed by atoms with Crippen LogP contribution in [0.5, 0.6) is 0 Å². The van der Waals surface area contributed by atoms with Crippen molar-refractivity contribution in [1.82, 2.24) is 0 Å². The summed E-state index contributed by atoms with van der Waals surface area (Å²) < 4.78 is 70.1. The van der Waals surface area contributed by atoms with Gasteiger partial charge in [0.05, 0.1) is 18.4 Å². The summed E-state index contributed by atoms with van der Waals surface area (Å²) in [5.41, 5.74) is -1.12. The first-order valence-corrected chi connectivity index (χ1v) is 8.87. The normalized spacial score (nSPS) is 13.1. The average molecular weight is 387 g/mol. The van der Waals surface area contributed by atoms with E-state index in [1.54, 1.807) is 18.2 Å². The maximum Gasteiger partial charge on any atom is 0.416 e. The van der Waals surface area contributed by atoms with E-state index in [4.69, 9.17) is 0 Å². The fraction of sp³-hybridized carbons (Fsp3) is 0.235. The quantitative estimate of drug-likeness (QED) is 0.738. The zero-order chi connectivity index (χ0) is 19.5. The highest BCUT2D eigenvalue weighted by molar-refractivity contribution is 7.93. The number of esters is 1. The molecule has 0 spiro atoms. The van der Waals surface area contributed by atoms with Crippen LogP contribution in [0, 0.1) is 0 Å². The van der Waals surface area contributed by atoms with Crippen molar-refractivity contribution in [3.63, 3.8) is 0 Å². The lowest BCUT2D eigenvalue weighted by Gasteiger charge is -2.25. The van der Waals surface area contributed by atoms with E-state index < -0.39 is 33.0 Å². The first-order chi connectivity index (χ1) is 12.1. The molecule has 0 N–H and O–H groups in total. The van der Waals surface area contributed by atoms with Gasteiger partial charge in [-0.1, -0.05) is 36.4 Å². The Hall–Kier alpha value is -2.55. The first kappa shape index (κ1) is 19.8. The Morgan fingerprint density at radius 3 is 2.23 bits per heavy atom. The number of alkyl halides is 3. The Bertz CT molecular complexity index is 882. The summed E-state index contributed by atoms with van der Waals surface area (Å²) in [5.74, 6) is -1.17. The third kappa shape index (κ3) is 3.98. The fourth-order valence-corrected chi connectivity index (χ4v) is 3.92. The summed E-state index contributed by atoms with van der Waals surface area (Å²) in [6.45, 7) is 0. The molecule has 0 heterocycles. The number of rotatable bonds is 5. The molecule has 0 bridgehead atoms. The average Bonchev–Trinajstić information content (AvgIpc) is 2.61. The molecule has 0 aliphatic heterocycles. The Labute approximate surface area is 149 Å². The number of benzene rings is 2. The molecule has 0 fully saturated rings. The van der Waals surface area contributed by atoms with Crippen molar-refractivity contribution in [3.05, 3.63) is 65.7 Å². The van der Waals surface area contributed by atoms with Gasteiger partial charge in [0.15, 0.2) is 0 Å². The van der Waals surface area contributed by atoms with E-state index in [0.29, 0.717) is 6.07 Å². The number of carbonyl (C=O) groups excluding carboxylic acids is 1. The molecular weight excluding hydrogens is 371 g/mol. The number of hydrogen-bond donors (Lipinski definition) is 0. The van der Waals surface area contributed by atoms with Crippen LogP contribution in [0.4, 0.5) is 18.9 Å². The minimum Gasteiger partial charge on any atom is -0.468 e. The van der Waals surface area contributed by atoms with Crippen LogP contribution in [0.25, 0.3) is 0 Å². The lowest BCUT2D eigenvalue weighted by Crippen LogP contribution is -2.36. The molecule has 0 amide bonds. The van der Waals surface area contributed by atoms with Crippen LogP contribution in [-0.2, 0) is 25.7 Å². The molecule has 2 aromatic rings. The molecule has 0 aromatic heterocycles. The second kappa shape index (κ2) is 7.36. The number of carbonyl (C=O) groups is 1. The predicted octanol–water partition coefficient (Wildman–Crippen LogP) is 3.39. The van der Waals surface area contributed by atoms with Gasteiger partial charge in [-0.05, 0) is 23.8 Å². The van der Waals surface area contributed by atoms with Gasteiger partial charge in [-0.25, -0.2) is 8.42 Å². The smallest absolute Gasteiger partial charge is 0.416 e. The van der Waals surface area contributed by atoms with Crippen LogP contribution in [0.15, 0.2) is 54.6 Å². The summed E-state index contributed by atoms with van der Waals surface area (Å²) >= 11 is 0. The van der Waals surface area contributed by atoms with Crippen molar-refractivity contribution in [2.24, 2.45) is 0 Å². The van der Waals surface area contributed by atoms with E-state index in [1.807, 2.05) is 0 Å². The Morgan fingerprint density at radius 2 is 1.69 bits per heavy atom. The molecule has 0 saturated heterocycles. The van der Waals surface area contributed by atoms with Crippen molar-refractivity contribution < 1.29 is 31.1 Å². The Morgan fingerprint density at radius 1 is 1.08 bits per heavy atom. The van der Waals surface area contributed by atoms with E-state index in [-0.39, 0.29) is 11.3 Å². The molecule has 2 rings (SSSR count). The third-order valence-electron chi connectivity index (χ3n) is 3.73. The lowest BCUT2D eigenvalue weighted by molar-refractivity contribution is -0.141. The van der Waals surface area contributed by atoms with Crippen molar-refractivity contribution >= 4 is 21.7 Å². The van der Waals surface area contributed by atoms with E-state index in [1.165, 1.54) is 19.2 Å².